The van der Waals surface area contributed by atoms with Gasteiger partial charge in [0.1, 0.15) is 6.04 Å². The minimum Gasteiger partial charge on any atom is -0.368 e. The van der Waals surface area contributed by atoms with Gasteiger partial charge in [0.05, 0.1) is 13.1 Å². The standard InChI is InChI=1S/C8H14N4O3/c1-12(4-6(9)13)8(15)5-2-11-7(14)3-10-5/h5,10H,2-4H2,1H3,(H2,9,13)(H,11,14). The normalized spacial score (nSPS) is 20.6. The van der Waals surface area contributed by atoms with Crippen LogP contribution in [0.25, 0.3) is 0 Å². The highest BCUT2D eigenvalue weighted by atomic mass is 16.2. The summed E-state index contributed by atoms with van der Waals surface area (Å²) in [7, 11) is 1.49. The van der Waals surface area contributed by atoms with Gasteiger partial charge in [-0.1, -0.05) is 0 Å². The van der Waals surface area contributed by atoms with Crippen LogP contribution in [0.15, 0.2) is 0 Å². The van der Waals surface area contributed by atoms with E-state index in [-0.39, 0.29) is 31.4 Å². The first-order valence-corrected chi connectivity index (χ1v) is 4.54. The van der Waals surface area contributed by atoms with Gasteiger partial charge in [0.15, 0.2) is 0 Å². The summed E-state index contributed by atoms with van der Waals surface area (Å²) < 4.78 is 0. The minimum absolute atomic E-state index is 0.112. The molecular formula is C8H14N4O3. The maximum Gasteiger partial charge on any atom is 0.241 e. The van der Waals surface area contributed by atoms with E-state index >= 15 is 0 Å². The molecule has 3 amide bonds. The van der Waals surface area contributed by atoms with E-state index in [0.717, 1.165) is 0 Å². The number of rotatable bonds is 3. The van der Waals surface area contributed by atoms with E-state index in [9.17, 15) is 14.4 Å². The van der Waals surface area contributed by atoms with Gasteiger partial charge in [-0.25, -0.2) is 0 Å². The van der Waals surface area contributed by atoms with E-state index < -0.39 is 11.9 Å². The molecule has 1 aliphatic rings. The van der Waals surface area contributed by atoms with Crippen molar-refractivity contribution in [2.24, 2.45) is 5.73 Å². The van der Waals surface area contributed by atoms with Crippen LogP contribution in [0.2, 0.25) is 0 Å². The average molecular weight is 214 g/mol. The largest absolute Gasteiger partial charge is 0.368 e. The van der Waals surface area contributed by atoms with Crippen LogP contribution in [0.4, 0.5) is 0 Å². The van der Waals surface area contributed by atoms with E-state index in [1.807, 2.05) is 0 Å². The summed E-state index contributed by atoms with van der Waals surface area (Å²) in [6, 6.07) is -0.480. The Bertz CT molecular complexity index is 282. The van der Waals surface area contributed by atoms with Crippen molar-refractivity contribution in [2.75, 3.05) is 26.7 Å². The molecular weight excluding hydrogens is 200 g/mol. The number of likely N-dealkylation sites (N-methyl/N-ethyl adjacent to an activating group) is 1. The lowest BCUT2D eigenvalue weighted by Gasteiger charge is -2.26. The zero-order valence-corrected chi connectivity index (χ0v) is 8.45. The molecule has 0 aromatic carbocycles. The molecule has 0 radical (unpaired) electrons. The zero-order chi connectivity index (χ0) is 11.4. The molecule has 0 bridgehead atoms. The molecule has 1 atom stereocenters. The second kappa shape index (κ2) is 4.74. The van der Waals surface area contributed by atoms with Crippen molar-refractivity contribution < 1.29 is 14.4 Å². The van der Waals surface area contributed by atoms with Gasteiger partial charge in [-0.3, -0.25) is 19.7 Å². The summed E-state index contributed by atoms with van der Waals surface area (Å²) >= 11 is 0. The molecule has 0 saturated carbocycles. The SMILES string of the molecule is CN(CC(N)=O)C(=O)C1CNC(=O)CN1. The Morgan fingerprint density at radius 3 is 2.73 bits per heavy atom. The highest BCUT2D eigenvalue weighted by Gasteiger charge is 2.26. The van der Waals surface area contributed by atoms with Crippen molar-refractivity contribution in [3.8, 4) is 0 Å². The average Bonchev–Trinajstić information content (AvgIpc) is 2.17. The molecule has 0 aliphatic carbocycles. The highest BCUT2D eigenvalue weighted by molar-refractivity contribution is 5.89. The lowest BCUT2D eigenvalue weighted by Crippen LogP contribution is -2.58. The quantitative estimate of drug-likeness (QED) is 0.466. The fourth-order valence-corrected chi connectivity index (χ4v) is 1.32. The van der Waals surface area contributed by atoms with Crippen LogP contribution in [0, 0.1) is 0 Å². The number of amides is 3. The zero-order valence-electron chi connectivity index (χ0n) is 8.45. The third-order valence-corrected chi connectivity index (χ3v) is 2.08. The predicted molar refractivity (Wildman–Crippen MR) is 51.6 cm³/mol. The van der Waals surface area contributed by atoms with Crippen LogP contribution >= 0.6 is 0 Å². The Morgan fingerprint density at radius 2 is 2.27 bits per heavy atom. The van der Waals surface area contributed by atoms with Crippen LogP contribution in [-0.2, 0) is 14.4 Å². The minimum atomic E-state index is -0.564. The number of nitrogens with zero attached hydrogens (tertiary/aromatic N) is 1. The van der Waals surface area contributed by atoms with Gasteiger partial charge >= 0.3 is 0 Å². The van der Waals surface area contributed by atoms with Gasteiger partial charge in [-0.05, 0) is 0 Å². The number of nitrogens with two attached hydrogens (primary N) is 1. The number of piperazine rings is 1. The van der Waals surface area contributed by atoms with Gasteiger partial charge in [0, 0.05) is 13.6 Å². The van der Waals surface area contributed by atoms with Crippen LogP contribution in [-0.4, -0.2) is 55.3 Å². The number of hydrogen-bond donors (Lipinski definition) is 3. The summed E-state index contributed by atoms with van der Waals surface area (Å²) in [5.74, 6) is -0.962. The summed E-state index contributed by atoms with van der Waals surface area (Å²) in [4.78, 5) is 34.3. The Kier molecular flexibility index (Phi) is 3.62. The number of carbonyl (C=O) groups is 3. The van der Waals surface area contributed by atoms with Crippen molar-refractivity contribution in [2.45, 2.75) is 6.04 Å². The molecule has 7 heteroatoms. The second-order valence-electron chi connectivity index (χ2n) is 3.40. The van der Waals surface area contributed by atoms with Crippen molar-refractivity contribution in [1.29, 1.82) is 0 Å². The molecule has 1 rings (SSSR count). The van der Waals surface area contributed by atoms with Gasteiger partial charge in [-0.2, -0.15) is 0 Å². The first-order chi connectivity index (χ1) is 7.00. The first kappa shape index (κ1) is 11.4. The fraction of sp³-hybridized carbons (Fsp3) is 0.625. The van der Waals surface area contributed by atoms with Crippen LogP contribution in [0.1, 0.15) is 0 Å². The summed E-state index contributed by atoms with van der Waals surface area (Å²) in [6.45, 7) is 0.229. The van der Waals surface area contributed by atoms with Crippen molar-refractivity contribution in [3.05, 3.63) is 0 Å². The van der Waals surface area contributed by atoms with Crippen LogP contribution in [0.5, 0.6) is 0 Å². The van der Waals surface area contributed by atoms with E-state index in [0.29, 0.717) is 0 Å². The topological polar surface area (TPSA) is 105 Å². The Labute approximate surface area is 87.0 Å². The molecule has 7 nitrogen and oxygen atoms in total. The molecule has 0 aromatic rings. The Balaban J connectivity index is 2.46. The molecule has 1 heterocycles. The Morgan fingerprint density at radius 1 is 1.60 bits per heavy atom. The molecule has 1 aliphatic heterocycles. The fourth-order valence-electron chi connectivity index (χ4n) is 1.32. The van der Waals surface area contributed by atoms with E-state index in [2.05, 4.69) is 10.6 Å². The molecule has 1 fully saturated rings. The molecule has 84 valence electrons. The third-order valence-electron chi connectivity index (χ3n) is 2.08. The molecule has 0 spiro atoms. The highest BCUT2D eigenvalue weighted by Crippen LogP contribution is 1.94. The molecule has 1 unspecified atom stereocenters. The van der Waals surface area contributed by atoms with E-state index in [4.69, 9.17) is 5.73 Å². The lowest BCUT2D eigenvalue weighted by molar-refractivity contribution is -0.136. The monoisotopic (exact) mass is 214 g/mol. The molecule has 1 saturated heterocycles. The number of hydrogen-bond acceptors (Lipinski definition) is 4. The summed E-state index contributed by atoms with van der Waals surface area (Å²) in [5, 5.41) is 5.32. The summed E-state index contributed by atoms with van der Waals surface area (Å²) in [5.41, 5.74) is 4.96. The molecule has 15 heavy (non-hydrogen) atoms. The molecule has 0 aromatic heterocycles. The van der Waals surface area contributed by atoms with Gasteiger partial charge in [0.2, 0.25) is 17.7 Å². The number of nitrogens with one attached hydrogen (secondary N) is 2. The first-order valence-electron chi connectivity index (χ1n) is 4.54. The smallest absolute Gasteiger partial charge is 0.241 e. The lowest BCUT2D eigenvalue weighted by atomic mass is 10.2. The van der Waals surface area contributed by atoms with Crippen molar-refractivity contribution >= 4 is 17.7 Å². The predicted octanol–water partition coefficient (Wildman–Crippen LogP) is -2.98. The van der Waals surface area contributed by atoms with Crippen LogP contribution in [0.3, 0.4) is 0 Å². The summed E-state index contributed by atoms with van der Waals surface area (Å²) in [6.07, 6.45) is 0. The maximum atomic E-state index is 11.6. The van der Waals surface area contributed by atoms with Crippen molar-refractivity contribution in [1.82, 2.24) is 15.5 Å². The maximum absolute atomic E-state index is 11.6. The van der Waals surface area contributed by atoms with Crippen molar-refractivity contribution in [3.63, 3.8) is 0 Å². The number of carbonyl (C=O) groups excluding carboxylic acids is 3. The van der Waals surface area contributed by atoms with E-state index in [1.165, 1.54) is 11.9 Å². The van der Waals surface area contributed by atoms with Gasteiger partial charge in [0.25, 0.3) is 0 Å². The number of primary amides is 1. The second-order valence-corrected chi connectivity index (χ2v) is 3.40. The van der Waals surface area contributed by atoms with E-state index in [1.54, 1.807) is 0 Å². The van der Waals surface area contributed by atoms with Gasteiger partial charge in [-0.15, -0.1) is 0 Å². The third kappa shape index (κ3) is 3.21. The van der Waals surface area contributed by atoms with Gasteiger partial charge < -0.3 is 16.0 Å². The van der Waals surface area contributed by atoms with Crippen LogP contribution < -0.4 is 16.4 Å². The molecule has 4 N–H and O–H groups in total. The Hall–Kier alpha value is -1.63.